The standard InChI is InChI=1S/C17H13FN4O4/c1-10-2-5-13(15(6-10)22(25)26)20-16(23)8-21-9-19-14-7-11(18)3-4-12(14)17(21)24/h2-7,9H,8H2,1H3,(H,20,23). The summed E-state index contributed by atoms with van der Waals surface area (Å²) in [7, 11) is 0. The lowest BCUT2D eigenvalue weighted by atomic mass is 10.2. The number of nitro groups is 1. The SMILES string of the molecule is Cc1ccc(NC(=O)Cn2cnc3cc(F)ccc3c2=O)c([N+](=O)[O-])c1. The Bertz CT molecular complexity index is 1090. The van der Waals surface area contributed by atoms with Crippen molar-refractivity contribution >= 4 is 28.2 Å². The molecule has 8 nitrogen and oxygen atoms in total. The van der Waals surface area contributed by atoms with Gasteiger partial charge in [-0.1, -0.05) is 6.07 Å². The van der Waals surface area contributed by atoms with Crippen molar-refractivity contribution in [2.75, 3.05) is 5.32 Å². The Hall–Kier alpha value is -3.62. The number of hydrogen-bond acceptors (Lipinski definition) is 5. The molecule has 0 saturated carbocycles. The van der Waals surface area contributed by atoms with E-state index < -0.39 is 22.2 Å². The Labute approximate surface area is 146 Å². The van der Waals surface area contributed by atoms with Crippen molar-refractivity contribution in [3.05, 3.63) is 74.6 Å². The fourth-order valence-electron chi connectivity index (χ4n) is 2.49. The van der Waals surface area contributed by atoms with Gasteiger partial charge in [-0.2, -0.15) is 0 Å². The van der Waals surface area contributed by atoms with E-state index in [-0.39, 0.29) is 28.8 Å². The summed E-state index contributed by atoms with van der Waals surface area (Å²) in [6.07, 6.45) is 1.13. The van der Waals surface area contributed by atoms with Crippen LogP contribution in [0, 0.1) is 22.9 Å². The number of amides is 1. The molecule has 0 bridgehead atoms. The van der Waals surface area contributed by atoms with Crippen LogP contribution < -0.4 is 10.9 Å². The van der Waals surface area contributed by atoms with Gasteiger partial charge in [0.1, 0.15) is 18.0 Å². The van der Waals surface area contributed by atoms with Crippen molar-refractivity contribution in [1.82, 2.24) is 9.55 Å². The summed E-state index contributed by atoms with van der Waals surface area (Å²) in [6.45, 7) is 1.31. The van der Waals surface area contributed by atoms with Gasteiger partial charge in [0.15, 0.2) is 0 Å². The molecule has 0 aliphatic heterocycles. The quantitative estimate of drug-likeness (QED) is 0.570. The average Bonchev–Trinajstić information content (AvgIpc) is 2.58. The molecule has 1 amide bonds. The number of carbonyl (C=O) groups excluding carboxylic acids is 1. The van der Waals surface area contributed by atoms with Gasteiger partial charge in [0.2, 0.25) is 5.91 Å². The normalized spacial score (nSPS) is 10.7. The Balaban J connectivity index is 1.86. The number of nitro benzene ring substituents is 1. The highest BCUT2D eigenvalue weighted by atomic mass is 19.1. The minimum Gasteiger partial charge on any atom is -0.319 e. The number of aromatic nitrogens is 2. The zero-order valence-corrected chi connectivity index (χ0v) is 13.6. The second-order valence-electron chi connectivity index (χ2n) is 5.66. The van der Waals surface area contributed by atoms with Crippen LogP contribution in [0.3, 0.4) is 0 Å². The molecule has 0 unspecified atom stereocenters. The number of nitrogens with one attached hydrogen (secondary N) is 1. The third kappa shape index (κ3) is 3.41. The number of aryl methyl sites for hydroxylation is 1. The molecule has 1 N–H and O–H groups in total. The molecule has 1 heterocycles. The predicted octanol–water partition coefficient (Wildman–Crippen LogP) is 2.39. The van der Waals surface area contributed by atoms with E-state index in [1.165, 1.54) is 18.2 Å². The molecule has 0 fully saturated rings. The molecule has 3 aromatic rings. The molecule has 26 heavy (non-hydrogen) atoms. The van der Waals surface area contributed by atoms with Gasteiger partial charge in [-0.15, -0.1) is 0 Å². The first-order valence-electron chi connectivity index (χ1n) is 7.55. The Morgan fingerprint density at radius 2 is 2.08 bits per heavy atom. The minimum atomic E-state index is -0.623. The molecule has 0 aliphatic rings. The summed E-state index contributed by atoms with van der Waals surface area (Å²) in [5.74, 6) is -1.14. The van der Waals surface area contributed by atoms with Gasteiger partial charge in [0, 0.05) is 12.1 Å². The largest absolute Gasteiger partial charge is 0.319 e. The lowest BCUT2D eigenvalue weighted by molar-refractivity contribution is -0.384. The van der Waals surface area contributed by atoms with Crippen LogP contribution in [-0.2, 0) is 11.3 Å². The zero-order chi connectivity index (χ0) is 18.8. The molecular weight excluding hydrogens is 343 g/mol. The number of carbonyl (C=O) groups is 1. The summed E-state index contributed by atoms with van der Waals surface area (Å²) in [5, 5.41) is 13.7. The van der Waals surface area contributed by atoms with Gasteiger partial charge in [-0.3, -0.25) is 24.3 Å². The third-order valence-corrected chi connectivity index (χ3v) is 3.73. The molecular formula is C17H13FN4O4. The predicted molar refractivity (Wildman–Crippen MR) is 92.4 cm³/mol. The monoisotopic (exact) mass is 356 g/mol. The van der Waals surface area contributed by atoms with E-state index in [1.54, 1.807) is 13.0 Å². The number of fused-ring (bicyclic) bond motifs is 1. The maximum Gasteiger partial charge on any atom is 0.293 e. The summed E-state index contributed by atoms with van der Waals surface area (Å²) >= 11 is 0. The van der Waals surface area contributed by atoms with Crippen molar-refractivity contribution in [3.63, 3.8) is 0 Å². The zero-order valence-electron chi connectivity index (χ0n) is 13.6. The Morgan fingerprint density at radius 1 is 1.31 bits per heavy atom. The van der Waals surface area contributed by atoms with Crippen LogP contribution in [0.5, 0.6) is 0 Å². The first-order chi connectivity index (χ1) is 12.3. The van der Waals surface area contributed by atoms with E-state index in [9.17, 15) is 24.1 Å². The lowest BCUT2D eigenvalue weighted by Crippen LogP contribution is -2.28. The molecule has 9 heteroatoms. The Morgan fingerprint density at radius 3 is 2.81 bits per heavy atom. The number of rotatable bonds is 4. The van der Waals surface area contributed by atoms with Gasteiger partial charge in [-0.05, 0) is 30.7 Å². The number of anilines is 1. The molecule has 0 aliphatic carbocycles. The van der Waals surface area contributed by atoms with E-state index in [0.29, 0.717) is 5.56 Å². The number of nitrogens with zero attached hydrogens (tertiary/aromatic N) is 3. The molecule has 0 spiro atoms. The fraction of sp³-hybridized carbons (Fsp3) is 0.118. The first-order valence-corrected chi connectivity index (χ1v) is 7.55. The molecule has 0 saturated heterocycles. The van der Waals surface area contributed by atoms with Crippen LogP contribution in [0.15, 0.2) is 47.5 Å². The van der Waals surface area contributed by atoms with Gasteiger partial charge in [0.05, 0.1) is 22.2 Å². The lowest BCUT2D eigenvalue weighted by Gasteiger charge is -2.09. The van der Waals surface area contributed by atoms with E-state index in [4.69, 9.17) is 0 Å². The van der Waals surface area contributed by atoms with Crippen LogP contribution >= 0.6 is 0 Å². The fourth-order valence-corrected chi connectivity index (χ4v) is 2.49. The topological polar surface area (TPSA) is 107 Å². The molecule has 1 aromatic heterocycles. The van der Waals surface area contributed by atoms with Crippen molar-refractivity contribution < 1.29 is 14.1 Å². The Kier molecular flexibility index (Phi) is 4.44. The summed E-state index contributed by atoms with van der Waals surface area (Å²) in [6, 6.07) is 7.94. The first kappa shape index (κ1) is 17.2. The van der Waals surface area contributed by atoms with Crippen molar-refractivity contribution in [1.29, 1.82) is 0 Å². The average molecular weight is 356 g/mol. The molecule has 3 rings (SSSR count). The summed E-state index contributed by atoms with van der Waals surface area (Å²) in [4.78, 5) is 39.0. The van der Waals surface area contributed by atoms with Crippen LogP contribution in [-0.4, -0.2) is 20.4 Å². The maximum atomic E-state index is 13.2. The third-order valence-electron chi connectivity index (χ3n) is 3.73. The number of hydrogen-bond donors (Lipinski definition) is 1. The molecule has 0 atom stereocenters. The van der Waals surface area contributed by atoms with Gasteiger partial charge < -0.3 is 5.32 Å². The van der Waals surface area contributed by atoms with Crippen LogP contribution in [0.4, 0.5) is 15.8 Å². The summed E-state index contributed by atoms with van der Waals surface area (Å²) < 4.78 is 14.2. The highest BCUT2D eigenvalue weighted by molar-refractivity contribution is 5.93. The van der Waals surface area contributed by atoms with E-state index >= 15 is 0 Å². The summed E-state index contributed by atoms with van der Waals surface area (Å²) in [5.41, 5.74) is 0.147. The molecule has 2 aromatic carbocycles. The van der Waals surface area contributed by atoms with Crippen LogP contribution in [0.25, 0.3) is 10.9 Å². The van der Waals surface area contributed by atoms with E-state index in [0.717, 1.165) is 23.0 Å². The van der Waals surface area contributed by atoms with Gasteiger partial charge in [-0.25, -0.2) is 9.37 Å². The second-order valence-corrected chi connectivity index (χ2v) is 5.66. The molecule has 132 valence electrons. The molecule has 0 radical (unpaired) electrons. The van der Waals surface area contributed by atoms with Crippen molar-refractivity contribution in [3.8, 4) is 0 Å². The number of halogens is 1. The van der Waals surface area contributed by atoms with E-state index in [1.807, 2.05) is 0 Å². The minimum absolute atomic E-state index is 0.0365. The highest BCUT2D eigenvalue weighted by Gasteiger charge is 2.17. The smallest absolute Gasteiger partial charge is 0.293 e. The van der Waals surface area contributed by atoms with E-state index in [2.05, 4.69) is 10.3 Å². The van der Waals surface area contributed by atoms with Crippen LogP contribution in [0.2, 0.25) is 0 Å². The van der Waals surface area contributed by atoms with Gasteiger partial charge >= 0.3 is 0 Å². The second kappa shape index (κ2) is 6.71. The highest BCUT2D eigenvalue weighted by Crippen LogP contribution is 2.25. The van der Waals surface area contributed by atoms with Crippen LogP contribution in [0.1, 0.15) is 5.56 Å². The maximum absolute atomic E-state index is 13.2. The van der Waals surface area contributed by atoms with Crippen molar-refractivity contribution in [2.45, 2.75) is 13.5 Å². The van der Waals surface area contributed by atoms with Crippen molar-refractivity contribution in [2.24, 2.45) is 0 Å². The van der Waals surface area contributed by atoms with Gasteiger partial charge in [0.25, 0.3) is 11.2 Å². The number of benzene rings is 2.